The van der Waals surface area contributed by atoms with Gasteiger partial charge < -0.3 is 5.32 Å². The number of rotatable bonds is 4. The zero-order chi connectivity index (χ0) is 11.1. The molecule has 1 N–H and O–H groups in total. The molecule has 4 heteroatoms. The van der Waals surface area contributed by atoms with Crippen molar-refractivity contribution in [2.75, 3.05) is 11.9 Å². The molecule has 0 bridgehead atoms. The highest BCUT2D eigenvalue weighted by Crippen LogP contribution is 2.46. The number of nitrogens with zero attached hydrogens (tertiary/aromatic N) is 2. The highest BCUT2D eigenvalue weighted by molar-refractivity contribution is 9.10. The molecule has 2 aliphatic carbocycles. The minimum atomic E-state index is 0.628. The van der Waals surface area contributed by atoms with Crippen LogP contribution in [0.25, 0.3) is 0 Å². The number of hydrogen-bond acceptors (Lipinski definition) is 3. The molecule has 1 heterocycles. The topological polar surface area (TPSA) is 37.8 Å². The molecule has 2 fully saturated rings. The van der Waals surface area contributed by atoms with Gasteiger partial charge in [-0.05, 0) is 48.5 Å². The van der Waals surface area contributed by atoms with E-state index in [0.29, 0.717) is 11.8 Å². The molecular formula is C12H16BrN3. The van der Waals surface area contributed by atoms with Gasteiger partial charge in [0, 0.05) is 18.4 Å². The molecule has 16 heavy (non-hydrogen) atoms. The molecule has 86 valence electrons. The van der Waals surface area contributed by atoms with Crippen LogP contribution in [0.3, 0.4) is 0 Å². The van der Waals surface area contributed by atoms with Crippen molar-refractivity contribution in [1.29, 1.82) is 0 Å². The summed E-state index contributed by atoms with van der Waals surface area (Å²) < 4.78 is 1.08. The molecular weight excluding hydrogens is 266 g/mol. The van der Waals surface area contributed by atoms with Crippen LogP contribution in [0.15, 0.2) is 4.47 Å². The summed E-state index contributed by atoms with van der Waals surface area (Å²) >= 11 is 3.64. The summed E-state index contributed by atoms with van der Waals surface area (Å²) in [4.78, 5) is 9.37. The Labute approximate surface area is 104 Å². The summed E-state index contributed by atoms with van der Waals surface area (Å²) in [6.45, 7) is 3.01. The van der Waals surface area contributed by atoms with Gasteiger partial charge >= 0.3 is 0 Å². The van der Waals surface area contributed by atoms with Crippen molar-refractivity contribution in [3.63, 3.8) is 0 Å². The Kier molecular flexibility index (Phi) is 2.62. The first kappa shape index (κ1) is 10.5. The first-order valence-electron chi connectivity index (χ1n) is 6.10. The second kappa shape index (κ2) is 3.99. The Morgan fingerprint density at radius 3 is 2.44 bits per heavy atom. The van der Waals surface area contributed by atoms with Crippen LogP contribution in [0.4, 0.5) is 5.82 Å². The lowest BCUT2D eigenvalue weighted by atomic mass is 10.2. The van der Waals surface area contributed by atoms with E-state index >= 15 is 0 Å². The van der Waals surface area contributed by atoms with E-state index < -0.39 is 0 Å². The fourth-order valence-corrected chi connectivity index (χ4v) is 2.56. The van der Waals surface area contributed by atoms with Gasteiger partial charge in [0.15, 0.2) is 0 Å². The van der Waals surface area contributed by atoms with E-state index in [4.69, 9.17) is 4.98 Å². The van der Waals surface area contributed by atoms with Gasteiger partial charge in [-0.1, -0.05) is 0 Å². The van der Waals surface area contributed by atoms with E-state index in [1.54, 1.807) is 0 Å². The maximum Gasteiger partial charge on any atom is 0.144 e. The van der Waals surface area contributed by atoms with E-state index in [-0.39, 0.29) is 0 Å². The van der Waals surface area contributed by atoms with E-state index in [9.17, 15) is 0 Å². The summed E-state index contributed by atoms with van der Waals surface area (Å²) in [6.07, 6.45) is 5.09. The molecule has 0 radical (unpaired) electrons. The van der Waals surface area contributed by atoms with E-state index in [0.717, 1.165) is 22.7 Å². The zero-order valence-corrected chi connectivity index (χ0v) is 11.0. The fourth-order valence-electron chi connectivity index (χ4n) is 1.92. The van der Waals surface area contributed by atoms with Crippen molar-refractivity contribution in [2.45, 2.75) is 44.4 Å². The molecule has 3 rings (SSSR count). The van der Waals surface area contributed by atoms with Gasteiger partial charge in [-0.25, -0.2) is 9.97 Å². The Bertz CT molecular complexity index is 411. The molecule has 1 aromatic rings. The molecule has 1 aromatic heterocycles. The molecule has 2 aliphatic rings. The smallest absolute Gasteiger partial charge is 0.144 e. The van der Waals surface area contributed by atoms with Crippen molar-refractivity contribution in [3.05, 3.63) is 16.0 Å². The maximum absolute atomic E-state index is 4.74. The number of aromatic nitrogens is 2. The maximum atomic E-state index is 4.74. The SMILES string of the molecule is CCNc1nc(C2CC2)nc(C2CC2)c1Br. The number of nitrogens with one attached hydrogen (secondary N) is 1. The Morgan fingerprint density at radius 1 is 1.19 bits per heavy atom. The van der Waals surface area contributed by atoms with Crippen LogP contribution in [0, 0.1) is 0 Å². The van der Waals surface area contributed by atoms with Crippen molar-refractivity contribution in [1.82, 2.24) is 9.97 Å². The van der Waals surface area contributed by atoms with Gasteiger partial charge in [-0.2, -0.15) is 0 Å². The van der Waals surface area contributed by atoms with Crippen LogP contribution in [0.2, 0.25) is 0 Å². The Hall–Kier alpha value is -0.640. The second-order valence-corrected chi connectivity index (χ2v) is 5.50. The molecule has 0 saturated heterocycles. The van der Waals surface area contributed by atoms with Crippen LogP contribution in [0.1, 0.15) is 56.0 Å². The third-order valence-electron chi connectivity index (χ3n) is 3.14. The average Bonchev–Trinajstić information content (AvgIpc) is 3.15. The van der Waals surface area contributed by atoms with Gasteiger partial charge in [0.1, 0.15) is 11.6 Å². The Morgan fingerprint density at radius 2 is 1.88 bits per heavy atom. The van der Waals surface area contributed by atoms with E-state index in [1.807, 2.05) is 0 Å². The summed E-state index contributed by atoms with van der Waals surface area (Å²) in [7, 11) is 0. The minimum Gasteiger partial charge on any atom is -0.369 e. The third-order valence-corrected chi connectivity index (χ3v) is 3.93. The Balaban J connectivity index is 2.00. The van der Waals surface area contributed by atoms with Gasteiger partial charge in [0.25, 0.3) is 0 Å². The van der Waals surface area contributed by atoms with Crippen LogP contribution < -0.4 is 5.32 Å². The van der Waals surface area contributed by atoms with Crippen LogP contribution in [0.5, 0.6) is 0 Å². The normalized spacial score (nSPS) is 19.9. The lowest BCUT2D eigenvalue weighted by Gasteiger charge is -2.11. The molecule has 3 nitrogen and oxygen atoms in total. The first-order valence-corrected chi connectivity index (χ1v) is 6.90. The van der Waals surface area contributed by atoms with Gasteiger partial charge in [-0.15, -0.1) is 0 Å². The van der Waals surface area contributed by atoms with Gasteiger partial charge in [-0.3, -0.25) is 0 Å². The highest BCUT2D eigenvalue weighted by Gasteiger charge is 2.33. The van der Waals surface area contributed by atoms with Crippen molar-refractivity contribution in [2.24, 2.45) is 0 Å². The molecule has 0 unspecified atom stereocenters. The summed E-state index contributed by atoms with van der Waals surface area (Å²) in [5.74, 6) is 3.35. The molecule has 0 atom stereocenters. The summed E-state index contributed by atoms with van der Waals surface area (Å²) in [5.41, 5.74) is 1.23. The largest absolute Gasteiger partial charge is 0.369 e. The van der Waals surface area contributed by atoms with Crippen molar-refractivity contribution < 1.29 is 0 Å². The average molecular weight is 282 g/mol. The van der Waals surface area contributed by atoms with Gasteiger partial charge in [0.2, 0.25) is 0 Å². The predicted molar refractivity (Wildman–Crippen MR) is 67.8 cm³/mol. The zero-order valence-electron chi connectivity index (χ0n) is 9.46. The summed E-state index contributed by atoms with van der Waals surface area (Å²) in [5, 5.41) is 3.32. The van der Waals surface area contributed by atoms with Gasteiger partial charge in [0.05, 0.1) is 10.2 Å². The number of hydrogen-bond donors (Lipinski definition) is 1. The van der Waals surface area contributed by atoms with Crippen LogP contribution in [-0.4, -0.2) is 16.5 Å². The van der Waals surface area contributed by atoms with E-state index in [1.165, 1.54) is 31.4 Å². The number of anilines is 1. The van der Waals surface area contributed by atoms with Crippen molar-refractivity contribution >= 4 is 21.7 Å². The van der Waals surface area contributed by atoms with Crippen molar-refractivity contribution in [3.8, 4) is 0 Å². The van der Waals surface area contributed by atoms with E-state index in [2.05, 4.69) is 33.2 Å². The molecule has 0 aromatic carbocycles. The summed E-state index contributed by atoms with van der Waals surface area (Å²) in [6, 6.07) is 0. The standard InChI is InChI=1S/C12H16BrN3/c1-2-14-12-9(13)10(7-3-4-7)15-11(16-12)8-5-6-8/h7-8H,2-6H2,1H3,(H,14,15,16). The lowest BCUT2D eigenvalue weighted by molar-refractivity contribution is 0.864. The number of halogens is 1. The predicted octanol–water partition coefficient (Wildman–Crippen LogP) is 3.43. The lowest BCUT2D eigenvalue weighted by Crippen LogP contribution is -2.07. The second-order valence-electron chi connectivity index (χ2n) is 4.71. The molecule has 0 amide bonds. The minimum absolute atomic E-state index is 0.628. The molecule has 0 spiro atoms. The highest BCUT2D eigenvalue weighted by atomic mass is 79.9. The quantitative estimate of drug-likeness (QED) is 0.919. The molecule has 2 saturated carbocycles. The molecule has 0 aliphatic heterocycles. The fraction of sp³-hybridized carbons (Fsp3) is 0.667. The first-order chi connectivity index (χ1) is 7.79. The monoisotopic (exact) mass is 281 g/mol. The van der Waals surface area contributed by atoms with Crippen LogP contribution in [-0.2, 0) is 0 Å². The van der Waals surface area contributed by atoms with Crippen LogP contribution >= 0.6 is 15.9 Å². The third kappa shape index (κ3) is 1.95.